The summed E-state index contributed by atoms with van der Waals surface area (Å²) in [6, 6.07) is 2.70. The number of aromatic nitrogens is 4. The molecule has 0 radical (unpaired) electrons. The zero-order valence-electron chi connectivity index (χ0n) is 14.3. The number of anilines is 1. The van der Waals surface area contributed by atoms with Gasteiger partial charge < -0.3 is 16.0 Å². The van der Waals surface area contributed by atoms with Crippen molar-refractivity contribution >= 4 is 11.9 Å². The lowest BCUT2D eigenvalue weighted by Gasteiger charge is -2.12. The molecular weight excluding hydrogens is 349 g/mol. The van der Waals surface area contributed by atoms with Crippen molar-refractivity contribution in [3.8, 4) is 0 Å². The molecule has 0 atom stereocenters. The minimum Gasteiger partial charge on any atom is -0.356 e. The molecule has 0 amide bonds. The van der Waals surface area contributed by atoms with E-state index in [0.29, 0.717) is 25.6 Å². The molecule has 0 unspecified atom stereocenters. The highest BCUT2D eigenvalue weighted by Crippen LogP contribution is 2.27. The lowest BCUT2D eigenvalue weighted by atomic mass is 10.4. The van der Waals surface area contributed by atoms with Crippen LogP contribution < -0.4 is 16.0 Å². The SMILES string of the molecule is CN=C(NCCCn1cccn1)NCCNc1nccc(C(F)(F)F)n1. The van der Waals surface area contributed by atoms with Gasteiger partial charge in [0.2, 0.25) is 5.95 Å². The normalized spacial score (nSPS) is 12.1. The molecule has 0 saturated carbocycles. The van der Waals surface area contributed by atoms with E-state index in [0.717, 1.165) is 25.2 Å². The Bertz CT molecular complexity index is 684. The molecule has 26 heavy (non-hydrogen) atoms. The van der Waals surface area contributed by atoms with Gasteiger partial charge in [0.15, 0.2) is 5.96 Å². The molecule has 11 heteroatoms. The summed E-state index contributed by atoms with van der Waals surface area (Å²) in [7, 11) is 1.65. The molecule has 2 heterocycles. The van der Waals surface area contributed by atoms with Gasteiger partial charge >= 0.3 is 6.18 Å². The Kier molecular flexibility index (Phi) is 7.18. The number of aliphatic imine (C=N–C) groups is 1. The maximum absolute atomic E-state index is 12.6. The molecular formula is C15H21F3N8. The average Bonchev–Trinajstić information content (AvgIpc) is 3.13. The number of rotatable bonds is 8. The van der Waals surface area contributed by atoms with E-state index in [4.69, 9.17) is 0 Å². The Balaban J connectivity index is 1.64. The van der Waals surface area contributed by atoms with Gasteiger partial charge in [0, 0.05) is 51.8 Å². The third-order valence-corrected chi connectivity index (χ3v) is 3.29. The van der Waals surface area contributed by atoms with Crippen molar-refractivity contribution < 1.29 is 13.2 Å². The third-order valence-electron chi connectivity index (χ3n) is 3.29. The van der Waals surface area contributed by atoms with Crippen LogP contribution in [-0.2, 0) is 12.7 Å². The summed E-state index contributed by atoms with van der Waals surface area (Å²) in [5.41, 5.74) is -0.974. The number of hydrogen-bond donors (Lipinski definition) is 3. The van der Waals surface area contributed by atoms with E-state index in [1.165, 1.54) is 0 Å². The number of hydrogen-bond acceptors (Lipinski definition) is 5. The molecule has 0 spiro atoms. The standard InChI is InChI=1S/C15H21F3N8/c1-19-13(20-5-2-10-26-11-3-6-24-26)22-8-9-23-14-21-7-4-12(25-14)15(16,17)18/h3-4,6-7,11H,2,5,8-10H2,1H3,(H2,19,20,22)(H,21,23,25). The van der Waals surface area contributed by atoms with Crippen LogP contribution in [0, 0.1) is 0 Å². The van der Waals surface area contributed by atoms with E-state index < -0.39 is 11.9 Å². The van der Waals surface area contributed by atoms with Gasteiger partial charge in [-0.05, 0) is 18.6 Å². The van der Waals surface area contributed by atoms with E-state index in [1.807, 2.05) is 16.9 Å². The molecule has 0 aliphatic heterocycles. The van der Waals surface area contributed by atoms with Crippen LogP contribution in [0.2, 0.25) is 0 Å². The minimum absolute atomic E-state index is 0.0659. The molecule has 0 aromatic carbocycles. The molecule has 3 N–H and O–H groups in total. The molecule has 2 rings (SSSR count). The highest BCUT2D eigenvalue weighted by Gasteiger charge is 2.32. The van der Waals surface area contributed by atoms with Crippen LogP contribution in [0.5, 0.6) is 0 Å². The van der Waals surface area contributed by atoms with Crippen LogP contribution in [0.15, 0.2) is 35.7 Å². The highest BCUT2D eigenvalue weighted by atomic mass is 19.4. The van der Waals surface area contributed by atoms with Crippen LogP contribution in [0.1, 0.15) is 12.1 Å². The minimum atomic E-state index is -4.49. The van der Waals surface area contributed by atoms with Gasteiger partial charge in [0.25, 0.3) is 0 Å². The Labute approximate surface area is 148 Å². The summed E-state index contributed by atoms with van der Waals surface area (Å²) < 4.78 is 39.6. The van der Waals surface area contributed by atoms with Crippen LogP contribution in [0.4, 0.5) is 19.1 Å². The van der Waals surface area contributed by atoms with Gasteiger partial charge in [-0.25, -0.2) is 9.97 Å². The zero-order chi connectivity index (χ0) is 18.8. The van der Waals surface area contributed by atoms with Crippen molar-refractivity contribution in [2.45, 2.75) is 19.1 Å². The highest BCUT2D eigenvalue weighted by molar-refractivity contribution is 5.79. The lowest BCUT2D eigenvalue weighted by Crippen LogP contribution is -2.40. The fourth-order valence-electron chi connectivity index (χ4n) is 2.06. The fraction of sp³-hybridized carbons (Fsp3) is 0.467. The topological polar surface area (TPSA) is 92.0 Å². The first kappa shape index (κ1) is 19.5. The van der Waals surface area contributed by atoms with E-state index in [9.17, 15) is 13.2 Å². The molecule has 142 valence electrons. The van der Waals surface area contributed by atoms with Crippen molar-refractivity contribution in [1.82, 2.24) is 30.4 Å². The maximum atomic E-state index is 12.6. The Morgan fingerprint density at radius 1 is 1.19 bits per heavy atom. The first-order chi connectivity index (χ1) is 12.5. The molecule has 0 aliphatic rings. The fourth-order valence-corrected chi connectivity index (χ4v) is 2.06. The molecule has 0 saturated heterocycles. The number of halogens is 3. The first-order valence-electron chi connectivity index (χ1n) is 8.05. The van der Waals surface area contributed by atoms with Crippen molar-refractivity contribution in [2.24, 2.45) is 4.99 Å². The Morgan fingerprint density at radius 3 is 2.69 bits per heavy atom. The second kappa shape index (κ2) is 9.59. The molecule has 0 aliphatic carbocycles. The second-order valence-electron chi connectivity index (χ2n) is 5.24. The summed E-state index contributed by atoms with van der Waals surface area (Å²) in [5.74, 6) is 0.543. The predicted octanol–water partition coefficient (Wildman–Crippen LogP) is 1.36. The lowest BCUT2D eigenvalue weighted by molar-refractivity contribution is -0.141. The van der Waals surface area contributed by atoms with Gasteiger partial charge in [-0.2, -0.15) is 18.3 Å². The van der Waals surface area contributed by atoms with Gasteiger partial charge in [0.05, 0.1) is 0 Å². The number of aryl methyl sites for hydroxylation is 1. The summed E-state index contributed by atoms with van der Waals surface area (Å²) in [4.78, 5) is 11.3. The molecule has 2 aromatic heterocycles. The maximum Gasteiger partial charge on any atom is 0.433 e. The van der Waals surface area contributed by atoms with Crippen molar-refractivity contribution in [3.05, 3.63) is 36.4 Å². The Morgan fingerprint density at radius 2 is 2.00 bits per heavy atom. The van der Waals surface area contributed by atoms with Crippen molar-refractivity contribution in [2.75, 3.05) is 32.0 Å². The van der Waals surface area contributed by atoms with Crippen LogP contribution >= 0.6 is 0 Å². The van der Waals surface area contributed by atoms with Crippen LogP contribution in [0.3, 0.4) is 0 Å². The number of alkyl halides is 3. The quantitative estimate of drug-likeness (QED) is 0.369. The number of guanidine groups is 1. The van der Waals surface area contributed by atoms with Crippen molar-refractivity contribution in [3.63, 3.8) is 0 Å². The summed E-state index contributed by atoms with van der Waals surface area (Å²) in [5, 5.41) is 13.1. The predicted molar refractivity (Wildman–Crippen MR) is 91.7 cm³/mol. The molecule has 0 fully saturated rings. The van der Waals surface area contributed by atoms with Gasteiger partial charge in [-0.3, -0.25) is 9.67 Å². The second-order valence-corrected chi connectivity index (χ2v) is 5.24. The van der Waals surface area contributed by atoms with E-state index in [2.05, 4.69) is 36.0 Å². The smallest absolute Gasteiger partial charge is 0.356 e. The van der Waals surface area contributed by atoms with Crippen molar-refractivity contribution in [1.29, 1.82) is 0 Å². The molecule has 2 aromatic rings. The summed E-state index contributed by atoms with van der Waals surface area (Å²) in [6.45, 7) is 2.29. The zero-order valence-corrected chi connectivity index (χ0v) is 14.3. The van der Waals surface area contributed by atoms with Gasteiger partial charge in [-0.1, -0.05) is 0 Å². The number of nitrogens with one attached hydrogen (secondary N) is 3. The van der Waals surface area contributed by atoms with Gasteiger partial charge in [-0.15, -0.1) is 0 Å². The largest absolute Gasteiger partial charge is 0.433 e. The van der Waals surface area contributed by atoms with E-state index in [1.54, 1.807) is 13.2 Å². The molecule has 0 bridgehead atoms. The van der Waals surface area contributed by atoms with Crippen LogP contribution in [0.25, 0.3) is 0 Å². The Hall–Kier alpha value is -2.85. The van der Waals surface area contributed by atoms with Gasteiger partial charge in [0.1, 0.15) is 5.69 Å². The first-order valence-corrected chi connectivity index (χ1v) is 8.05. The number of nitrogens with zero attached hydrogens (tertiary/aromatic N) is 5. The van der Waals surface area contributed by atoms with Crippen LogP contribution in [-0.4, -0.2) is 52.4 Å². The molecule has 8 nitrogen and oxygen atoms in total. The van der Waals surface area contributed by atoms with E-state index >= 15 is 0 Å². The average molecular weight is 370 g/mol. The third kappa shape index (κ3) is 6.57. The summed E-state index contributed by atoms with van der Waals surface area (Å²) >= 11 is 0. The summed E-state index contributed by atoms with van der Waals surface area (Å²) in [6.07, 6.45) is 1.09. The van der Waals surface area contributed by atoms with E-state index in [-0.39, 0.29) is 5.95 Å². The monoisotopic (exact) mass is 370 g/mol.